The Morgan fingerprint density at radius 2 is 2.44 bits per heavy atom. The molecule has 2 atom stereocenters. The van der Waals surface area contributed by atoms with E-state index in [1.807, 2.05) is 12.1 Å². The lowest BCUT2D eigenvalue weighted by molar-refractivity contribution is 0.273. The maximum atomic E-state index is 5.65. The highest BCUT2D eigenvalue weighted by Crippen LogP contribution is 2.21. The van der Waals surface area contributed by atoms with Gasteiger partial charge in [0.2, 0.25) is 0 Å². The summed E-state index contributed by atoms with van der Waals surface area (Å²) in [4.78, 5) is 6.79. The van der Waals surface area contributed by atoms with Crippen LogP contribution in [0, 0.1) is 0 Å². The van der Waals surface area contributed by atoms with E-state index in [2.05, 4.69) is 38.2 Å². The highest BCUT2D eigenvalue weighted by atomic mass is 79.9. The largest absolute Gasteiger partial charge is 0.384 e. The molecule has 0 saturated carbocycles. The average molecular weight is 285 g/mol. The Kier molecular flexibility index (Phi) is 3.66. The van der Waals surface area contributed by atoms with Gasteiger partial charge in [0.1, 0.15) is 5.82 Å². The first-order chi connectivity index (χ1) is 7.65. The van der Waals surface area contributed by atoms with Crippen molar-refractivity contribution in [3.63, 3.8) is 0 Å². The van der Waals surface area contributed by atoms with Crippen LogP contribution in [0.5, 0.6) is 0 Å². The minimum Gasteiger partial charge on any atom is -0.384 e. The fraction of sp³-hybridized carbons (Fsp3) is 0.545. The Bertz CT molecular complexity index is 358. The SMILES string of the molecule is CN1CCC(Nc2ccnc(N)c2)C(Br)C1. The number of rotatable bonds is 2. The molecular weight excluding hydrogens is 268 g/mol. The number of hydrogen-bond acceptors (Lipinski definition) is 4. The summed E-state index contributed by atoms with van der Waals surface area (Å²) in [6.07, 6.45) is 2.87. The molecule has 1 aliphatic heterocycles. The van der Waals surface area contributed by atoms with Crippen molar-refractivity contribution in [3.05, 3.63) is 18.3 Å². The first-order valence-electron chi connectivity index (χ1n) is 5.46. The lowest BCUT2D eigenvalue weighted by atomic mass is 10.1. The number of nitrogen functional groups attached to an aromatic ring is 1. The van der Waals surface area contributed by atoms with Crippen molar-refractivity contribution in [1.82, 2.24) is 9.88 Å². The van der Waals surface area contributed by atoms with Crippen LogP contribution in [-0.4, -0.2) is 40.9 Å². The van der Waals surface area contributed by atoms with Crippen molar-refractivity contribution in [3.8, 4) is 0 Å². The van der Waals surface area contributed by atoms with Gasteiger partial charge in [-0.05, 0) is 26.1 Å². The first-order valence-corrected chi connectivity index (χ1v) is 6.37. The zero-order valence-corrected chi connectivity index (χ0v) is 10.9. The van der Waals surface area contributed by atoms with Crippen molar-refractivity contribution >= 4 is 27.4 Å². The van der Waals surface area contributed by atoms with E-state index in [1.165, 1.54) is 0 Å². The molecule has 0 amide bonds. The number of nitrogens with zero attached hydrogens (tertiary/aromatic N) is 2. The summed E-state index contributed by atoms with van der Waals surface area (Å²) in [6, 6.07) is 4.28. The molecule has 3 N–H and O–H groups in total. The Labute approximate surface area is 104 Å². The third-order valence-electron chi connectivity index (χ3n) is 2.88. The Morgan fingerprint density at radius 3 is 3.12 bits per heavy atom. The normalized spacial score (nSPS) is 26.6. The van der Waals surface area contributed by atoms with Gasteiger partial charge in [0.15, 0.2) is 0 Å². The lowest BCUT2D eigenvalue weighted by Crippen LogP contribution is -2.45. The fourth-order valence-corrected chi connectivity index (χ4v) is 2.86. The second-order valence-corrected chi connectivity index (χ2v) is 5.46. The van der Waals surface area contributed by atoms with E-state index in [0.717, 1.165) is 25.2 Å². The summed E-state index contributed by atoms with van der Waals surface area (Å²) in [7, 11) is 2.15. The van der Waals surface area contributed by atoms with E-state index in [9.17, 15) is 0 Å². The summed E-state index contributed by atoms with van der Waals surface area (Å²) >= 11 is 3.72. The molecule has 1 aromatic heterocycles. The number of aromatic nitrogens is 1. The van der Waals surface area contributed by atoms with Gasteiger partial charge in [-0.2, -0.15) is 0 Å². The highest BCUT2D eigenvalue weighted by Gasteiger charge is 2.25. The smallest absolute Gasteiger partial charge is 0.125 e. The van der Waals surface area contributed by atoms with Gasteiger partial charge < -0.3 is 16.0 Å². The third-order valence-corrected chi connectivity index (χ3v) is 3.81. The zero-order chi connectivity index (χ0) is 11.5. The lowest BCUT2D eigenvalue weighted by Gasteiger charge is -2.34. The van der Waals surface area contributed by atoms with Gasteiger partial charge in [-0.25, -0.2) is 4.98 Å². The number of anilines is 2. The molecule has 2 heterocycles. The standard InChI is InChI=1S/C11H17BrN4/c1-16-5-3-10(9(12)7-16)15-8-2-4-14-11(13)6-8/h2,4,6,9-10H,3,5,7H2,1H3,(H3,13,14,15). The Hall–Kier alpha value is -0.810. The van der Waals surface area contributed by atoms with Crippen LogP contribution in [0.3, 0.4) is 0 Å². The van der Waals surface area contributed by atoms with E-state index in [4.69, 9.17) is 5.73 Å². The quantitative estimate of drug-likeness (QED) is 0.809. The number of nitrogens with two attached hydrogens (primary N) is 1. The number of nitrogens with one attached hydrogen (secondary N) is 1. The topological polar surface area (TPSA) is 54.2 Å². The summed E-state index contributed by atoms with van der Waals surface area (Å²) in [5.74, 6) is 0.559. The van der Waals surface area contributed by atoms with Gasteiger partial charge in [0.05, 0.1) is 0 Å². The predicted octanol–water partition coefficient (Wildman–Crippen LogP) is 1.54. The molecule has 4 nitrogen and oxygen atoms in total. The van der Waals surface area contributed by atoms with E-state index in [-0.39, 0.29) is 0 Å². The number of piperidine rings is 1. The van der Waals surface area contributed by atoms with Crippen LogP contribution in [0.1, 0.15) is 6.42 Å². The number of pyridine rings is 1. The summed E-state index contributed by atoms with van der Waals surface area (Å²) < 4.78 is 0. The van der Waals surface area contributed by atoms with Gasteiger partial charge in [-0.3, -0.25) is 0 Å². The molecule has 2 unspecified atom stereocenters. The minimum absolute atomic E-state index is 0.456. The van der Waals surface area contributed by atoms with E-state index >= 15 is 0 Å². The molecule has 1 aliphatic rings. The van der Waals surface area contributed by atoms with Gasteiger partial charge in [0.25, 0.3) is 0 Å². The average Bonchev–Trinajstić information content (AvgIpc) is 2.22. The van der Waals surface area contributed by atoms with E-state index in [0.29, 0.717) is 16.7 Å². The van der Waals surface area contributed by atoms with Crippen molar-refractivity contribution in [2.45, 2.75) is 17.3 Å². The fourth-order valence-electron chi connectivity index (χ4n) is 1.97. The second-order valence-electron chi connectivity index (χ2n) is 4.29. The number of halogens is 1. The van der Waals surface area contributed by atoms with Crippen molar-refractivity contribution < 1.29 is 0 Å². The Morgan fingerprint density at radius 1 is 1.62 bits per heavy atom. The maximum Gasteiger partial charge on any atom is 0.125 e. The number of likely N-dealkylation sites (tertiary alicyclic amines) is 1. The molecule has 1 aromatic rings. The molecule has 1 saturated heterocycles. The summed E-state index contributed by atoms with van der Waals surface area (Å²) in [5.41, 5.74) is 6.70. The molecule has 0 radical (unpaired) electrons. The van der Waals surface area contributed by atoms with Crippen LogP contribution in [-0.2, 0) is 0 Å². The van der Waals surface area contributed by atoms with Crippen LogP contribution in [0.2, 0.25) is 0 Å². The second kappa shape index (κ2) is 5.01. The van der Waals surface area contributed by atoms with Gasteiger partial charge >= 0.3 is 0 Å². The van der Waals surface area contributed by atoms with Crippen LogP contribution in [0.25, 0.3) is 0 Å². The van der Waals surface area contributed by atoms with E-state index < -0.39 is 0 Å². The van der Waals surface area contributed by atoms with Crippen molar-refractivity contribution in [2.75, 3.05) is 31.2 Å². The van der Waals surface area contributed by atoms with Crippen molar-refractivity contribution in [1.29, 1.82) is 0 Å². The molecule has 16 heavy (non-hydrogen) atoms. The Balaban J connectivity index is 1.99. The van der Waals surface area contributed by atoms with Gasteiger partial charge in [0, 0.05) is 35.4 Å². The maximum absolute atomic E-state index is 5.65. The van der Waals surface area contributed by atoms with E-state index in [1.54, 1.807) is 6.20 Å². The monoisotopic (exact) mass is 284 g/mol. The summed E-state index contributed by atoms with van der Waals surface area (Å²) in [6.45, 7) is 2.19. The zero-order valence-electron chi connectivity index (χ0n) is 9.36. The minimum atomic E-state index is 0.456. The molecule has 5 heteroatoms. The molecule has 0 aliphatic carbocycles. The highest BCUT2D eigenvalue weighted by molar-refractivity contribution is 9.09. The molecule has 1 fully saturated rings. The van der Waals surface area contributed by atoms with Crippen molar-refractivity contribution in [2.24, 2.45) is 0 Å². The van der Waals surface area contributed by atoms with Gasteiger partial charge in [-0.15, -0.1) is 0 Å². The summed E-state index contributed by atoms with van der Waals surface area (Å²) in [5, 5.41) is 3.50. The molecule has 2 rings (SSSR count). The third kappa shape index (κ3) is 2.86. The molecule has 0 bridgehead atoms. The van der Waals surface area contributed by atoms with Crippen LogP contribution in [0.15, 0.2) is 18.3 Å². The number of hydrogen-bond donors (Lipinski definition) is 2. The predicted molar refractivity (Wildman–Crippen MR) is 70.9 cm³/mol. The van der Waals surface area contributed by atoms with Crippen LogP contribution in [0.4, 0.5) is 11.5 Å². The molecule has 88 valence electrons. The van der Waals surface area contributed by atoms with Crippen LogP contribution < -0.4 is 11.1 Å². The molecule has 0 spiro atoms. The molecule has 0 aromatic carbocycles. The molecular formula is C11H17BrN4. The van der Waals surface area contributed by atoms with Gasteiger partial charge in [-0.1, -0.05) is 15.9 Å². The number of alkyl halides is 1. The van der Waals surface area contributed by atoms with Crippen LogP contribution >= 0.6 is 15.9 Å². The first kappa shape index (κ1) is 11.7.